The Morgan fingerprint density at radius 2 is 2.11 bits per heavy atom. The van der Waals surface area contributed by atoms with E-state index in [9.17, 15) is 0 Å². The van der Waals surface area contributed by atoms with E-state index in [1.165, 1.54) is 38.6 Å². The fourth-order valence-corrected chi connectivity index (χ4v) is 3.76. The minimum absolute atomic E-state index is 0.0505. The maximum absolute atomic E-state index is 5.99. The lowest BCUT2D eigenvalue weighted by Crippen LogP contribution is -2.50. The smallest absolute Gasteiger partial charge is 0.0951 e. The lowest BCUT2D eigenvalue weighted by atomic mass is 9.67. The Labute approximate surface area is 111 Å². The molecule has 3 fully saturated rings. The van der Waals surface area contributed by atoms with Crippen molar-refractivity contribution in [2.45, 2.75) is 63.5 Å². The average molecular weight is 253 g/mol. The zero-order valence-corrected chi connectivity index (χ0v) is 11.7. The first-order chi connectivity index (χ1) is 8.76. The van der Waals surface area contributed by atoms with E-state index in [1.54, 1.807) is 0 Å². The van der Waals surface area contributed by atoms with Gasteiger partial charge in [0.25, 0.3) is 0 Å². The maximum Gasteiger partial charge on any atom is 0.0951 e. The molecule has 0 aromatic carbocycles. The first-order valence-corrected chi connectivity index (χ1v) is 7.71. The van der Waals surface area contributed by atoms with E-state index in [0.717, 1.165) is 32.7 Å². The van der Waals surface area contributed by atoms with Crippen molar-refractivity contribution in [3.05, 3.63) is 0 Å². The molecule has 104 valence electrons. The lowest BCUT2D eigenvalue weighted by molar-refractivity contribution is -0.0908. The van der Waals surface area contributed by atoms with Gasteiger partial charge in [-0.15, -0.1) is 0 Å². The molecule has 2 atom stereocenters. The Hall–Kier alpha value is -0.120. The fraction of sp³-hybridized carbons (Fsp3) is 1.00. The number of hydrogen-bond donors (Lipinski definition) is 1. The summed E-state index contributed by atoms with van der Waals surface area (Å²) in [7, 11) is 0. The van der Waals surface area contributed by atoms with Gasteiger partial charge < -0.3 is 14.8 Å². The van der Waals surface area contributed by atoms with Gasteiger partial charge in [0.2, 0.25) is 0 Å². The average Bonchev–Trinajstić information content (AvgIpc) is 2.77. The van der Waals surface area contributed by atoms with Crippen LogP contribution < -0.4 is 5.32 Å². The number of ether oxygens (including phenoxy) is 2. The van der Waals surface area contributed by atoms with Crippen LogP contribution in [0, 0.1) is 5.41 Å². The Morgan fingerprint density at radius 3 is 2.72 bits per heavy atom. The van der Waals surface area contributed by atoms with Crippen LogP contribution in [0.15, 0.2) is 0 Å². The molecule has 0 radical (unpaired) electrons. The predicted octanol–water partition coefficient (Wildman–Crippen LogP) is 2.49. The predicted molar refractivity (Wildman–Crippen MR) is 71.7 cm³/mol. The van der Waals surface area contributed by atoms with Crippen molar-refractivity contribution in [3.63, 3.8) is 0 Å². The Balaban J connectivity index is 1.50. The first-order valence-electron chi connectivity index (χ1n) is 7.71. The number of hydrogen-bond acceptors (Lipinski definition) is 3. The summed E-state index contributed by atoms with van der Waals surface area (Å²) in [5, 5.41) is 3.83. The van der Waals surface area contributed by atoms with Crippen molar-refractivity contribution in [2.75, 3.05) is 26.4 Å². The van der Waals surface area contributed by atoms with Crippen LogP contribution in [-0.2, 0) is 9.47 Å². The third-order valence-corrected chi connectivity index (χ3v) is 5.49. The minimum Gasteiger partial charge on any atom is -0.378 e. The van der Waals surface area contributed by atoms with Crippen molar-refractivity contribution in [1.29, 1.82) is 0 Å². The fourth-order valence-electron chi connectivity index (χ4n) is 3.76. The zero-order chi connectivity index (χ0) is 12.5. The highest BCUT2D eigenvalue weighted by Gasteiger charge is 2.42. The second-order valence-electron chi connectivity index (χ2n) is 6.61. The molecule has 2 unspecified atom stereocenters. The van der Waals surface area contributed by atoms with Crippen molar-refractivity contribution < 1.29 is 9.47 Å². The topological polar surface area (TPSA) is 30.5 Å². The summed E-state index contributed by atoms with van der Waals surface area (Å²) in [5.74, 6) is 0. The molecule has 3 heteroatoms. The van der Waals surface area contributed by atoms with Crippen LogP contribution in [-0.4, -0.2) is 38.0 Å². The van der Waals surface area contributed by atoms with Gasteiger partial charge in [-0.3, -0.25) is 0 Å². The molecule has 0 aromatic heterocycles. The summed E-state index contributed by atoms with van der Waals surface area (Å²) in [6.45, 7) is 6.15. The molecule has 3 aliphatic rings. The number of rotatable bonds is 4. The molecule has 1 saturated carbocycles. The van der Waals surface area contributed by atoms with Gasteiger partial charge in [-0.05, 0) is 37.5 Å². The summed E-state index contributed by atoms with van der Waals surface area (Å²) in [6, 6.07) is 0.643. The largest absolute Gasteiger partial charge is 0.378 e. The number of nitrogens with one attached hydrogen (secondary N) is 1. The Morgan fingerprint density at radius 1 is 1.22 bits per heavy atom. The minimum atomic E-state index is 0.0505. The summed E-state index contributed by atoms with van der Waals surface area (Å²) in [4.78, 5) is 0. The molecule has 2 aliphatic heterocycles. The highest BCUT2D eigenvalue weighted by Crippen LogP contribution is 2.43. The molecule has 0 amide bonds. The molecular weight excluding hydrogens is 226 g/mol. The summed E-state index contributed by atoms with van der Waals surface area (Å²) < 4.78 is 11.5. The molecular formula is C15H27NO2. The first kappa shape index (κ1) is 12.9. The van der Waals surface area contributed by atoms with E-state index in [-0.39, 0.29) is 5.60 Å². The van der Waals surface area contributed by atoms with Crippen LogP contribution in [0.4, 0.5) is 0 Å². The van der Waals surface area contributed by atoms with E-state index in [2.05, 4.69) is 12.2 Å². The van der Waals surface area contributed by atoms with E-state index in [4.69, 9.17) is 9.47 Å². The van der Waals surface area contributed by atoms with Gasteiger partial charge in [-0.2, -0.15) is 0 Å². The van der Waals surface area contributed by atoms with Crippen LogP contribution in [0.25, 0.3) is 0 Å². The monoisotopic (exact) mass is 253 g/mol. The molecule has 1 spiro atoms. The van der Waals surface area contributed by atoms with Crippen molar-refractivity contribution in [2.24, 2.45) is 5.41 Å². The SMILES string of the molecule is CCC1(CNC2CCOC3(CCOC3)C2)CCC1. The molecule has 0 aromatic rings. The van der Waals surface area contributed by atoms with E-state index in [1.807, 2.05) is 0 Å². The van der Waals surface area contributed by atoms with E-state index >= 15 is 0 Å². The van der Waals surface area contributed by atoms with E-state index in [0.29, 0.717) is 11.5 Å². The van der Waals surface area contributed by atoms with Crippen LogP contribution in [0.3, 0.4) is 0 Å². The third kappa shape index (κ3) is 2.45. The third-order valence-electron chi connectivity index (χ3n) is 5.49. The van der Waals surface area contributed by atoms with Gasteiger partial charge in [0, 0.05) is 32.2 Å². The van der Waals surface area contributed by atoms with Crippen molar-refractivity contribution in [1.82, 2.24) is 5.32 Å². The second kappa shape index (κ2) is 5.10. The Kier molecular flexibility index (Phi) is 3.65. The molecule has 1 aliphatic carbocycles. The van der Waals surface area contributed by atoms with Crippen LogP contribution in [0.2, 0.25) is 0 Å². The standard InChI is InChI=1S/C15H27NO2/c1-2-14(5-3-6-14)11-16-13-4-8-18-15(10-13)7-9-17-12-15/h13,16H,2-12H2,1H3. The highest BCUT2D eigenvalue weighted by atomic mass is 16.6. The highest BCUT2D eigenvalue weighted by molar-refractivity contribution is 4.95. The molecule has 2 saturated heterocycles. The second-order valence-corrected chi connectivity index (χ2v) is 6.61. The van der Waals surface area contributed by atoms with Crippen LogP contribution >= 0.6 is 0 Å². The van der Waals surface area contributed by atoms with Crippen molar-refractivity contribution >= 4 is 0 Å². The molecule has 3 nitrogen and oxygen atoms in total. The quantitative estimate of drug-likeness (QED) is 0.835. The molecule has 2 heterocycles. The summed E-state index contributed by atoms with van der Waals surface area (Å²) in [6.07, 6.45) is 9.01. The molecule has 18 heavy (non-hydrogen) atoms. The van der Waals surface area contributed by atoms with Gasteiger partial charge in [0.05, 0.1) is 12.2 Å². The van der Waals surface area contributed by atoms with Crippen LogP contribution in [0.1, 0.15) is 51.9 Å². The van der Waals surface area contributed by atoms with Gasteiger partial charge in [0.1, 0.15) is 0 Å². The van der Waals surface area contributed by atoms with E-state index < -0.39 is 0 Å². The lowest BCUT2D eigenvalue weighted by Gasteiger charge is -2.44. The Bertz CT molecular complexity index is 277. The molecule has 0 bridgehead atoms. The summed E-state index contributed by atoms with van der Waals surface area (Å²) >= 11 is 0. The van der Waals surface area contributed by atoms with Gasteiger partial charge in [-0.1, -0.05) is 13.3 Å². The van der Waals surface area contributed by atoms with Crippen molar-refractivity contribution in [3.8, 4) is 0 Å². The van der Waals surface area contributed by atoms with Crippen LogP contribution in [0.5, 0.6) is 0 Å². The van der Waals surface area contributed by atoms with Gasteiger partial charge in [-0.25, -0.2) is 0 Å². The molecule has 3 rings (SSSR count). The summed E-state index contributed by atoms with van der Waals surface area (Å²) in [5.41, 5.74) is 0.673. The zero-order valence-electron chi connectivity index (χ0n) is 11.7. The normalized spacial score (nSPS) is 38.8. The maximum atomic E-state index is 5.99. The van der Waals surface area contributed by atoms with Gasteiger partial charge in [0.15, 0.2) is 0 Å². The van der Waals surface area contributed by atoms with Gasteiger partial charge >= 0.3 is 0 Å². The molecule has 1 N–H and O–H groups in total.